The fourth-order valence-electron chi connectivity index (χ4n) is 2.71. The molecule has 6 heteroatoms. The summed E-state index contributed by atoms with van der Waals surface area (Å²) >= 11 is 0. The van der Waals surface area contributed by atoms with Crippen molar-refractivity contribution in [1.29, 1.82) is 0 Å². The Morgan fingerprint density at radius 1 is 1.41 bits per heavy atom. The third-order valence-electron chi connectivity index (χ3n) is 3.88. The van der Waals surface area contributed by atoms with Crippen LogP contribution < -0.4 is 5.32 Å². The van der Waals surface area contributed by atoms with Gasteiger partial charge in [0.25, 0.3) is 0 Å². The molecule has 3 rings (SSSR count). The van der Waals surface area contributed by atoms with Crippen molar-refractivity contribution >= 4 is 5.91 Å². The molecule has 0 saturated carbocycles. The van der Waals surface area contributed by atoms with E-state index >= 15 is 0 Å². The molecule has 0 bridgehead atoms. The van der Waals surface area contributed by atoms with E-state index in [0.717, 1.165) is 36.6 Å². The van der Waals surface area contributed by atoms with Crippen LogP contribution >= 0.6 is 0 Å². The van der Waals surface area contributed by atoms with E-state index in [1.165, 1.54) is 12.8 Å². The summed E-state index contributed by atoms with van der Waals surface area (Å²) < 4.78 is 1.82. The molecular weight excluding hydrogens is 278 g/mol. The van der Waals surface area contributed by atoms with E-state index in [2.05, 4.69) is 27.3 Å². The molecule has 22 heavy (non-hydrogen) atoms. The zero-order valence-electron chi connectivity index (χ0n) is 12.8. The molecule has 1 amide bonds. The molecule has 2 aromatic rings. The van der Waals surface area contributed by atoms with Gasteiger partial charge in [0, 0.05) is 19.0 Å². The van der Waals surface area contributed by atoms with Gasteiger partial charge >= 0.3 is 0 Å². The van der Waals surface area contributed by atoms with E-state index in [0.29, 0.717) is 6.42 Å². The van der Waals surface area contributed by atoms with Crippen LogP contribution in [0.1, 0.15) is 56.7 Å². The minimum Gasteiger partial charge on any atom is -0.346 e. The Bertz CT molecular complexity index is 637. The second kappa shape index (κ2) is 6.68. The Hall–Kier alpha value is -2.24. The predicted octanol–water partition coefficient (Wildman–Crippen LogP) is 2.35. The van der Waals surface area contributed by atoms with Gasteiger partial charge in [0.1, 0.15) is 0 Å². The monoisotopic (exact) mass is 299 g/mol. The zero-order chi connectivity index (χ0) is 15.4. The predicted molar refractivity (Wildman–Crippen MR) is 82.5 cm³/mol. The van der Waals surface area contributed by atoms with Crippen LogP contribution in [-0.4, -0.2) is 25.7 Å². The minimum absolute atomic E-state index is 0.0554. The van der Waals surface area contributed by atoms with Gasteiger partial charge < -0.3 is 5.32 Å². The highest BCUT2D eigenvalue weighted by Crippen LogP contribution is 2.24. The maximum absolute atomic E-state index is 11.5. The fraction of sp³-hybridized carbons (Fsp3) is 0.500. The quantitative estimate of drug-likeness (QED) is 0.831. The van der Waals surface area contributed by atoms with Crippen LogP contribution in [0.4, 0.5) is 0 Å². The molecule has 3 heterocycles. The van der Waals surface area contributed by atoms with Gasteiger partial charge in [-0.2, -0.15) is 5.10 Å². The first-order chi connectivity index (χ1) is 10.8. The summed E-state index contributed by atoms with van der Waals surface area (Å²) in [6.45, 7) is 2.18. The fourth-order valence-corrected chi connectivity index (χ4v) is 2.71. The molecule has 6 nitrogen and oxygen atoms in total. The SMILES string of the molecule is CCCCCc1nc(C2CCC(=O)N2)n(-c2cccnc2)n1. The Morgan fingerprint density at radius 2 is 2.32 bits per heavy atom. The number of pyridine rings is 1. The highest BCUT2D eigenvalue weighted by atomic mass is 16.1. The number of hydrogen-bond acceptors (Lipinski definition) is 4. The van der Waals surface area contributed by atoms with Crippen LogP contribution in [0.5, 0.6) is 0 Å². The van der Waals surface area contributed by atoms with Crippen molar-refractivity contribution in [2.45, 2.75) is 51.5 Å². The molecule has 1 aliphatic heterocycles. The highest BCUT2D eigenvalue weighted by Gasteiger charge is 2.28. The van der Waals surface area contributed by atoms with Crippen LogP contribution in [0.25, 0.3) is 5.69 Å². The highest BCUT2D eigenvalue weighted by molar-refractivity contribution is 5.78. The number of aromatic nitrogens is 4. The van der Waals surface area contributed by atoms with Crippen LogP contribution in [0.15, 0.2) is 24.5 Å². The minimum atomic E-state index is -0.0554. The molecule has 1 aliphatic rings. The third-order valence-corrected chi connectivity index (χ3v) is 3.88. The number of carbonyl (C=O) groups is 1. The normalized spacial score (nSPS) is 17.7. The first-order valence-electron chi connectivity index (χ1n) is 7.93. The topological polar surface area (TPSA) is 72.7 Å². The Morgan fingerprint density at radius 3 is 3.00 bits per heavy atom. The molecule has 0 spiro atoms. The number of carbonyl (C=O) groups excluding carboxylic acids is 1. The van der Waals surface area contributed by atoms with E-state index in [1.807, 2.05) is 16.8 Å². The van der Waals surface area contributed by atoms with E-state index < -0.39 is 0 Å². The van der Waals surface area contributed by atoms with E-state index in [1.54, 1.807) is 12.4 Å². The van der Waals surface area contributed by atoms with Crippen LogP contribution in [0.2, 0.25) is 0 Å². The molecule has 0 radical (unpaired) electrons. The molecule has 0 aliphatic carbocycles. The average molecular weight is 299 g/mol. The largest absolute Gasteiger partial charge is 0.346 e. The summed E-state index contributed by atoms with van der Waals surface area (Å²) in [4.78, 5) is 20.3. The second-order valence-electron chi connectivity index (χ2n) is 5.63. The lowest BCUT2D eigenvalue weighted by molar-refractivity contribution is -0.119. The number of amides is 1. The number of nitrogens with one attached hydrogen (secondary N) is 1. The molecule has 0 aromatic carbocycles. The summed E-state index contributed by atoms with van der Waals surface area (Å²) in [5, 5.41) is 7.61. The van der Waals surface area contributed by atoms with Crippen molar-refractivity contribution in [3.05, 3.63) is 36.2 Å². The Balaban J connectivity index is 1.90. The molecule has 1 unspecified atom stereocenters. The average Bonchev–Trinajstić information content (AvgIpc) is 3.15. The molecule has 116 valence electrons. The summed E-state index contributed by atoms with van der Waals surface area (Å²) in [5.74, 6) is 1.73. The first kappa shape index (κ1) is 14.7. The second-order valence-corrected chi connectivity index (χ2v) is 5.63. The lowest BCUT2D eigenvalue weighted by Gasteiger charge is -2.10. The number of hydrogen-bond donors (Lipinski definition) is 1. The van der Waals surface area contributed by atoms with Crippen molar-refractivity contribution < 1.29 is 4.79 Å². The van der Waals surface area contributed by atoms with Crippen LogP contribution in [-0.2, 0) is 11.2 Å². The summed E-state index contributed by atoms with van der Waals surface area (Å²) in [6, 6.07) is 3.78. The van der Waals surface area contributed by atoms with E-state index in [-0.39, 0.29) is 11.9 Å². The molecular formula is C16H21N5O. The zero-order valence-corrected chi connectivity index (χ0v) is 12.8. The van der Waals surface area contributed by atoms with Gasteiger partial charge in [0.05, 0.1) is 17.9 Å². The van der Waals surface area contributed by atoms with Crippen molar-refractivity contribution in [3.8, 4) is 5.69 Å². The van der Waals surface area contributed by atoms with E-state index in [4.69, 9.17) is 0 Å². The Kier molecular flexibility index (Phi) is 4.46. The third kappa shape index (κ3) is 3.16. The van der Waals surface area contributed by atoms with Crippen LogP contribution in [0.3, 0.4) is 0 Å². The van der Waals surface area contributed by atoms with Gasteiger partial charge in [0.2, 0.25) is 5.91 Å². The van der Waals surface area contributed by atoms with Gasteiger partial charge in [0.15, 0.2) is 11.6 Å². The Labute approximate surface area is 130 Å². The lowest BCUT2D eigenvalue weighted by Crippen LogP contribution is -2.21. The standard InChI is InChI=1S/C16H21N5O/c1-2-3-4-7-14-19-16(13-8-9-15(22)18-13)21(20-14)12-6-5-10-17-11-12/h5-6,10-11,13H,2-4,7-9H2,1H3,(H,18,22). The van der Waals surface area contributed by atoms with Gasteiger partial charge in [-0.25, -0.2) is 9.67 Å². The maximum atomic E-state index is 11.5. The van der Waals surface area contributed by atoms with E-state index in [9.17, 15) is 4.79 Å². The summed E-state index contributed by atoms with van der Waals surface area (Å²) in [6.07, 6.45) is 9.14. The van der Waals surface area contributed by atoms with Gasteiger partial charge in [-0.1, -0.05) is 19.8 Å². The van der Waals surface area contributed by atoms with Crippen LogP contribution in [0, 0.1) is 0 Å². The van der Waals surface area contributed by atoms with Crippen molar-refractivity contribution in [2.75, 3.05) is 0 Å². The molecule has 1 N–H and O–H groups in total. The smallest absolute Gasteiger partial charge is 0.220 e. The first-order valence-corrected chi connectivity index (χ1v) is 7.93. The van der Waals surface area contributed by atoms with Crippen molar-refractivity contribution in [3.63, 3.8) is 0 Å². The molecule has 1 fully saturated rings. The number of nitrogens with zero attached hydrogens (tertiary/aromatic N) is 4. The molecule has 1 saturated heterocycles. The van der Waals surface area contributed by atoms with Gasteiger partial charge in [-0.05, 0) is 25.0 Å². The molecule has 2 aromatic heterocycles. The van der Waals surface area contributed by atoms with Crippen molar-refractivity contribution in [2.24, 2.45) is 0 Å². The maximum Gasteiger partial charge on any atom is 0.220 e. The summed E-state index contributed by atoms with van der Waals surface area (Å²) in [7, 11) is 0. The molecule has 1 atom stereocenters. The van der Waals surface area contributed by atoms with Crippen molar-refractivity contribution in [1.82, 2.24) is 25.1 Å². The number of aryl methyl sites for hydroxylation is 1. The number of rotatable bonds is 6. The van der Waals surface area contributed by atoms with Gasteiger partial charge in [-0.15, -0.1) is 0 Å². The summed E-state index contributed by atoms with van der Waals surface area (Å²) in [5.41, 5.74) is 0.882. The number of unbranched alkanes of at least 4 members (excludes halogenated alkanes) is 2. The lowest BCUT2D eigenvalue weighted by atomic mass is 10.2. The van der Waals surface area contributed by atoms with Gasteiger partial charge in [-0.3, -0.25) is 9.78 Å².